The van der Waals surface area contributed by atoms with Gasteiger partial charge in [0.15, 0.2) is 0 Å². The van der Waals surface area contributed by atoms with Gasteiger partial charge in [-0.3, -0.25) is 4.99 Å². The lowest BCUT2D eigenvalue weighted by molar-refractivity contribution is 0.349. The maximum atomic E-state index is 5.06. The normalized spacial score (nSPS) is 17.5. The minimum absolute atomic E-state index is 0.901. The predicted molar refractivity (Wildman–Crippen MR) is 96.5 cm³/mol. The van der Waals surface area contributed by atoms with E-state index in [2.05, 4.69) is 53.4 Å². The number of nitrogens with zero attached hydrogens (tertiary/aromatic N) is 2. The zero-order chi connectivity index (χ0) is 15.5. The van der Waals surface area contributed by atoms with Gasteiger partial charge in [0, 0.05) is 17.7 Å². The number of hydrogen-bond donors (Lipinski definition) is 0. The van der Waals surface area contributed by atoms with E-state index in [1.165, 1.54) is 53.9 Å². The molecule has 2 aromatic carbocycles. The van der Waals surface area contributed by atoms with E-state index in [4.69, 9.17) is 4.99 Å². The van der Waals surface area contributed by atoms with Crippen molar-refractivity contribution in [3.05, 3.63) is 70.8 Å². The predicted octanol–water partition coefficient (Wildman–Crippen LogP) is 3.72. The molecule has 0 amide bonds. The first-order chi connectivity index (χ1) is 11.4. The highest BCUT2D eigenvalue weighted by atomic mass is 15.1. The van der Waals surface area contributed by atoms with E-state index in [1.807, 2.05) is 0 Å². The summed E-state index contributed by atoms with van der Waals surface area (Å²) >= 11 is 0. The Hall–Kier alpha value is -1.93. The van der Waals surface area contributed by atoms with E-state index in [0.717, 1.165) is 25.9 Å². The number of aryl methyl sites for hydroxylation is 2. The van der Waals surface area contributed by atoms with Crippen LogP contribution in [0.5, 0.6) is 0 Å². The lowest BCUT2D eigenvalue weighted by Gasteiger charge is -2.14. The lowest BCUT2D eigenvalue weighted by Crippen LogP contribution is -2.23. The molecule has 0 N–H and O–H groups in total. The van der Waals surface area contributed by atoms with Gasteiger partial charge in [0.05, 0.1) is 12.3 Å². The molecule has 1 aliphatic heterocycles. The molecule has 1 heterocycles. The quantitative estimate of drug-likeness (QED) is 0.844. The number of hydrogen-bond acceptors (Lipinski definition) is 2. The summed E-state index contributed by atoms with van der Waals surface area (Å²) in [6, 6.07) is 17.6. The Morgan fingerprint density at radius 2 is 1.35 bits per heavy atom. The zero-order valence-electron chi connectivity index (χ0n) is 13.7. The molecular weight excluding hydrogens is 280 g/mol. The number of fused-ring (bicyclic) bond motifs is 2. The first-order valence-corrected chi connectivity index (χ1v) is 8.85. The van der Waals surface area contributed by atoms with Gasteiger partial charge in [0.1, 0.15) is 0 Å². The molecule has 0 atom stereocenters. The second-order valence-electron chi connectivity index (χ2n) is 6.59. The summed E-state index contributed by atoms with van der Waals surface area (Å²) < 4.78 is 0. The van der Waals surface area contributed by atoms with Crippen molar-refractivity contribution in [3.8, 4) is 0 Å². The molecule has 23 heavy (non-hydrogen) atoms. The molecule has 0 spiro atoms. The Balaban J connectivity index is 1.68. The van der Waals surface area contributed by atoms with Gasteiger partial charge in [0.25, 0.3) is 0 Å². The Bertz CT molecular complexity index is 662. The zero-order valence-corrected chi connectivity index (χ0v) is 13.7. The first kappa shape index (κ1) is 14.6. The van der Waals surface area contributed by atoms with Crippen molar-refractivity contribution in [2.45, 2.75) is 25.7 Å². The van der Waals surface area contributed by atoms with Crippen molar-refractivity contribution in [3.63, 3.8) is 0 Å². The van der Waals surface area contributed by atoms with Crippen LogP contribution >= 0.6 is 0 Å². The Kier molecular flexibility index (Phi) is 4.25. The molecule has 2 heteroatoms. The van der Waals surface area contributed by atoms with Crippen LogP contribution in [-0.4, -0.2) is 36.8 Å². The number of likely N-dealkylation sites (tertiary alicyclic amines) is 1. The molecule has 4 rings (SSSR count). The van der Waals surface area contributed by atoms with Gasteiger partial charge in [-0.2, -0.15) is 0 Å². The smallest absolute Gasteiger partial charge is 0.0725 e. The van der Waals surface area contributed by atoms with Gasteiger partial charge >= 0.3 is 0 Å². The van der Waals surface area contributed by atoms with E-state index < -0.39 is 0 Å². The fourth-order valence-electron chi connectivity index (χ4n) is 3.83. The van der Waals surface area contributed by atoms with Gasteiger partial charge in [-0.05, 0) is 49.9 Å². The standard InChI is InChI=1S/C21H24N2/c1-3-9-19-17(7-1)11-12-18-8-2-4-10-20(18)21(19)22-13-16-23-14-5-6-15-23/h1-4,7-10H,5-6,11-16H2. The van der Waals surface area contributed by atoms with E-state index in [-0.39, 0.29) is 0 Å². The molecule has 0 radical (unpaired) electrons. The molecule has 118 valence electrons. The molecule has 0 unspecified atom stereocenters. The van der Waals surface area contributed by atoms with Crippen LogP contribution < -0.4 is 0 Å². The fraction of sp³-hybridized carbons (Fsp3) is 0.381. The van der Waals surface area contributed by atoms with E-state index >= 15 is 0 Å². The van der Waals surface area contributed by atoms with Crippen LogP contribution in [0.3, 0.4) is 0 Å². The third kappa shape index (κ3) is 3.09. The van der Waals surface area contributed by atoms with Crippen LogP contribution in [0.25, 0.3) is 0 Å². The van der Waals surface area contributed by atoms with Crippen molar-refractivity contribution < 1.29 is 0 Å². The molecule has 0 bridgehead atoms. The summed E-state index contributed by atoms with van der Waals surface area (Å²) in [5.74, 6) is 0. The van der Waals surface area contributed by atoms with Gasteiger partial charge in [0.2, 0.25) is 0 Å². The van der Waals surface area contributed by atoms with Gasteiger partial charge in [-0.1, -0.05) is 48.5 Å². The van der Waals surface area contributed by atoms with Crippen molar-refractivity contribution >= 4 is 5.71 Å². The second-order valence-corrected chi connectivity index (χ2v) is 6.59. The maximum absolute atomic E-state index is 5.06. The second kappa shape index (κ2) is 6.67. The van der Waals surface area contributed by atoms with Crippen molar-refractivity contribution in [2.24, 2.45) is 4.99 Å². The Labute approximate surface area is 138 Å². The third-order valence-electron chi connectivity index (χ3n) is 5.09. The molecule has 1 aliphatic carbocycles. The molecule has 0 aromatic heterocycles. The van der Waals surface area contributed by atoms with Crippen LogP contribution in [0, 0.1) is 0 Å². The number of benzene rings is 2. The summed E-state index contributed by atoms with van der Waals surface area (Å²) in [5, 5.41) is 0. The number of rotatable bonds is 3. The summed E-state index contributed by atoms with van der Waals surface area (Å²) in [6.45, 7) is 4.49. The van der Waals surface area contributed by atoms with Crippen LogP contribution in [0.2, 0.25) is 0 Å². The van der Waals surface area contributed by atoms with Crippen LogP contribution in [0.15, 0.2) is 53.5 Å². The topological polar surface area (TPSA) is 15.6 Å². The third-order valence-corrected chi connectivity index (χ3v) is 5.09. The Morgan fingerprint density at radius 3 is 1.96 bits per heavy atom. The molecule has 0 saturated carbocycles. The van der Waals surface area contributed by atoms with Crippen molar-refractivity contribution in [1.82, 2.24) is 4.90 Å². The van der Waals surface area contributed by atoms with Gasteiger partial charge in [-0.25, -0.2) is 0 Å². The highest BCUT2D eigenvalue weighted by Crippen LogP contribution is 2.25. The van der Waals surface area contributed by atoms with Crippen molar-refractivity contribution in [2.75, 3.05) is 26.2 Å². The minimum atomic E-state index is 0.901. The maximum Gasteiger partial charge on any atom is 0.0725 e. The molecule has 2 aromatic rings. The highest BCUT2D eigenvalue weighted by Gasteiger charge is 2.18. The van der Waals surface area contributed by atoms with Gasteiger partial charge in [-0.15, -0.1) is 0 Å². The van der Waals surface area contributed by atoms with Crippen LogP contribution in [0.1, 0.15) is 35.1 Å². The SMILES string of the molecule is c1ccc2c(c1)CCc1ccccc1C2=NCCN1CCCC1. The summed E-state index contributed by atoms with van der Waals surface area (Å²) in [5.41, 5.74) is 6.73. The molecule has 2 aliphatic rings. The largest absolute Gasteiger partial charge is 0.301 e. The minimum Gasteiger partial charge on any atom is -0.301 e. The average Bonchev–Trinajstić information content (AvgIpc) is 3.06. The first-order valence-electron chi connectivity index (χ1n) is 8.85. The average molecular weight is 304 g/mol. The summed E-state index contributed by atoms with van der Waals surface area (Å²) in [4.78, 5) is 7.60. The highest BCUT2D eigenvalue weighted by molar-refractivity contribution is 6.15. The monoisotopic (exact) mass is 304 g/mol. The molecule has 2 nitrogen and oxygen atoms in total. The van der Waals surface area contributed by atoms with Crippen LogP contribution in [-0.2, 0) is 12.8 Å². The lowest BCUT2D eigenvalue weighted by atomic mass is 9.98. The number of aliphatic imine (C=N–C) groups is 1. The molecular formula is C21H24N2. The summed E-state index contributed by atoms with van der Waals surface area (Å²) in [7, 11) is 0. The molecule has 1 fully saturated rings. The Morgan fingerprint density at radius 1 is 0.783 bits per heavy atom. The van der Waals surface area contributed by atoms with Crippen LogP contribution in [0.4, 0.5) is 0 Å². The van der Waals surface area contributed by atoms with Gasteiger partial charge < -0.3 is 4.90 Å². The van der Waals surface area contributed by atoms with Crippen molar-refractivity contribution in [1.29, 1.82) is 0 Å². The summed E-state index contributed by atoms with van der Waals surface area (Å²) in [6.07, 6.45) is 4.92. The molecule has 1 saturated heterocycles. The fourth-order valence-corrected chi connectivity index (χ4v) is 3.83. The van der Waals surface area contributed by atoms with E-state index in [9.17, 15) is 0 Å². The van der Waals surface area contributed by atoms with E-state index in [1.54, 1.807) is 0 Å². The van der Waals surface area contributed by atoms with E-state index in [0.29, 0.717) is 0 Å².